The van der Waals surface area contributed by atoms with Crippen LogP contribution in [0.15, 0.2) is 0 Å². The minimum absolute atomic E-state index is 0.0188. The third-order valence-electron chi connectivity index (χ3n) is 5.59. The first kappa shape index (κ1) is 17.4. The number of hydrogen-bond donors (Lipinski definition) is 2. The van der Waals surface area contributed by atoms with Gasteiger partial charge < -0.3 is 15.2 Å². The van der Waals surface area contributed by atoms with Gasteiger partial charge in [-0.2, -0.15) is 0 Å². The summed E-state index contributed by atoms with van der Waals surface area (Å²) in [6.07, 6.45) is 6.70. The van der Waals surface area contributed by atoms with Gasteiger partial charge in [-0.05, 0) is 50.9 Å². The first-order chi connectivity index (χ1) is 12.2. The minimum atomic E-state index is -0.417. The Balaban J connectivity index is 1.39. The lowest BCUT2D eigenvalue weighted by Crippen LogP contribution is -2.42. The highest BCUT2D eigenvalue weighted by atomic mass is 32.1. The van der Waals surface area contributed by atoms with Gasteiger partial charge in [0.2, 0.25) is 5.91 Å². The van der Waals surface area contributed by atoms with Crippen molar-refractivity contribution in [3.8, 4) is 0 Å². The van der Waals surface area contributed by atoms with E-state index in [9.17, 15) is 9.90 Å². The van der Waals surface area contributed by atoms with Crippen LogP contribution in [0.5, 0.6) is 0 Å². The largest absolute Gasteiger partial charge is 0.392 e. The molecular formula is C18H27N3O3S. The second kappa shape index (κ2) is 7.70. The lowest BCUT2D eigenvalue weighted by atomic mass is 9.99. The molecule has 6 nitrogen and oxygen atoms in total. The fourth-order valence-electron chi connectivity index (χ4n) is 4.21. The van der Waals surface area contributed by atoms with Crippen LogP contribution in [0.2, 0.25) is 0 Å². The number of fused-ring (bicyclic) bond motifs is 1. The number of rotatable bonds is 4. The number of carbonyl (C=O) groups is 1. The zero-order valence-electron chi connectivity index (χ0n) is 14.6. The van der Waals surface area contributed by atoms with Crippen molar-refractivity contribution in [2.45, 2.75) is 57.1 Å². The molecule has 2 atom stereocenters. The van der Waals surface area contributed by atoms with E-state index in [1.54, 1.807) is 11.3 Å². The molecule has 1 amide bonds. The summed E-state index contributed by atoms with van der Waals surface area (Å²) in [5.74, 6) is 0.538. The van der Waals surface area contributed by atoms with Gasteiger partial charge >= 0.3 is 0 Å². The Morgan fingerprint density at radius 3 is 2.92 bits per heavy atom. The SMILES string of the molecule is O=C(Nc1nc2c(s1)CCCC2)[C@@H]1C[C@H](O)CN1CC1CCOCC1. The summed E-state index contributed by atoms with van der Waals surface area (Å²) >= 11 is 1.62. The molecule has 0 saturated carbocycles. The number of aliphatic hydroxyl groups excluding tert-OH is 1. The summed E-state index contributed by atoms with van der Waals surface area (Å²) in [6, 6.07) is -0.251. The van der Waals surface area contributed by atoms with Crippen molar-refractivity contribution in [3.05, 3.63) is 10.6 Å². The maximum absolute atomic E-state index is 12.8. The number of hydrogen-bond acceptors (Lipinski definition) is 6. The number of β-amino-alcohol motifs (C(OH)–C–C–N with tert-alkyl or cyclic N) is 1. The van der Waals surface area contributed by atoms with Gasteiger partial charge in [-0.15, -0.1) is 11.3 Å². The minimum Gasteiger partial charge on any atom is -0.392 e. The average molecular weight is 365 g/mol. The second-order valence-corrected chi connectivity index (χ2v) is 8.58. The fourth-order valence-corrected chi connectivity index (χ4v) is 5.26. The molecule has 1 aromatic heterocycles. The van der Waals surface area contributed by atoms with Crippen LogP contribution in [-0.2, 0) is 22.4 Å². The van der Waals surface area contributed by atoms with Gasteiger partial charge in [0.05, 0.1) is 17.8 Å². The predicted octanol–water partition coefficient (Wildman–Crippen LogP) is 1.82. The van der Waals surface area contributed by atoms with E-state index < -0.39 is 6.10 Å². The molecule has 138 valence electrons. The molecule has 3 heterocycles. The summed E-state index contributed by atoms with van der Waals surface area (Å²) in [4.78, 5) is 20.9. The van der Waals surface area contributed by atoms with Crippen LogP contribution >= 0.6 is 11.3 Å². The van der Waals surface area contributed by atoms with Gasteiger partial charge in [-0.1, -0.05) is 0 Å². The van der Waals surface area contributed by atoms with Crippen LogP contribution in [0, 0.1) is 5.92 Å². The summed E-state index contributed by atoms with van der Waals surface area (Å²) < 4.78 is 5.42. The lowest BCUT2D eigenvalue weighted by Gasteiger charge is -2.30. The number of aryl methyl sites for hydroxylation is 2. The third-order valence-corrected chi connectivity index (χ3v) is 6.67. The number of likely N-dealkylation sites (tertiary alicyclic amines) is 1. The van der Waals surface area contributed by atoms with Gasteiger partial charge in [-0.25, -0.2) is 4.98 Å². The number of anilines is 1. The molecule has 1 aliphatic carbocycles. The quantitative estimate of drug-likeness (QED) is 0.851. The van der Waals surface area contributed by atoms with E-state index in [2.05, 4.69) is 15.2 Å². The molecule has 7 heteroatoms. The topological polar surface area (TPSA) is 74.7 Å². The first-order valence-electron chi connectivity index (χ1n) is 9.48. The maximum atomic E-state index is 12.8. The number of thiazole rings is 1. The normalized spacial score (nSPS) is 28.0. The Hall–Kier alpha value is -1.02. The third kappa shape index (κ3) is 4.05. The van der Waals surface area contributed by atoms with Crippen molar-refractivity contribution in [3.63, 3.8) is 0 Å². The van der Waals surface area contributed by atoms with Gasteiger partial charge in [0.25, 0.3) is 0 Å². The highest BCUT2D eigenvalue weighted by Gasteiger charge is 2.37. The molecular weight excluding hydrogens is 338 g/mol. The van der Waals surface area contributed by atoms with Crippen molar-refractivity contribution in [2.75, 3.05) is 31.6 Å². The highest BCUT2D eigenvalue weighted by molar-refractivity contribution is 7.15. The number of ether oxygens (including phenoxy) is 1. The van der Waals surface area contributed by atoms with E-state index in [1.165, 1.54) is 17.7 Å². The molecule has 0 radical (unpaired) electrons. The predicted molar refractivity (Wildman–Crippen MR) is 96.9 cm³/mol. The van der Waals surface area contributed by atoms with Gasteiger partial charge in [0, 0.05) is 31.2 Å². The van der Waals surface area contributed by atoms with E-state index in [-0.39, 0.29) is 11.9 Å². The molecule has 2 saturated heterocycles. The lowest BCUT2D eigenvalue weighted by molar-refractivity contribution is -0.120. The van der Waals surface area contributed by atoms with Crippen LogP contribution in [0.3, 0.4) is 0 Å². The second-order valence-electron chi connectivity index (χ2n) is 7.50. The standard InChI is InChI=1S/C18H27N3O3S/c22-13-9-15(21(11-13)10-12-5-7-24-8-6-12)17(23)20-18-19-14-3-1-2-4-16(14)25-18/h12-13,15,22H,1-11H2,(H,19,20,23)/t13-,15-/m0/s1. The maximum Gasteiger partial charge on any atom is 0.243 e. The molecule has 25 heavy (non-hydrogen) atoms. The zero-order valence-corrected chi connectivity index (χ0v) is 15.4. The average Bonchev–Trinajstić information content (AvgIpc) is 3.18. The first-order valence-corrected chi connectivity index (χ1v) is 10.3. The number of nitrogens with zero attached hydrogens (tertiary/aromatic N) is 2. The van der Waals surface area contributed by atoms with E-state index in [4.69, 9.17) is 4.74 Å². The van der Waals surface area contributed by atoms with E-state index in [0.29, 0.717) is 18.9 Å². The van der Waals surface area contributed by atoms with Crippen molar-refractivity contribution in [2.24, 2.45) is 5.92 Å². The van der Waals surface area contributed by atoms with Crippen LogP contribution in [0.25, 0.3) is 0 Å². The smallest absolute Gasteiger partial charge is 0.243 e. The molecule has 0 bridgehead atoms. The molecule has 0 aromatic carbocycles. The van der Waals surface area contributed by atoms with Gasteiger partial charge in [0.1, 0.15) is 0 Å². The molecule has 0 unspecified atom stereocenters. The molecule has 3 aliphatic rings. The Bertz CT molecular complexity index is 591. The van der Waals surface area contributed by atoms with Crippen molar-refractivity contribution < 1.29 is 14.6 Å². The Labute approximate surface area is 152 Å². The molecule has 1 aromatic rings. The van der Waals surface area contributed by atoms with Crippen molar-refractivity contribution in [1.82, 2.24) is 9.88 Å². The van der Waals surface area contributed by atoms with Crippen LogP contribution in [0.4, 0.5) is 5.13 Å². The van der Waals surface area contributed by atoms with Crippen molar-refractivity contribution >= 4 is 22.4 Å². The summed E-state index contributed by atoms with van der Waals surface area (Å²) in [6.45, 7) is 3.07. The van der Waals surface area contributed by atoms with Gasteiger partial charge in [-0.3, -0.25) is 9.69 Å². The number of aliphatic hydroxyl groups is 1. The Kier molecular flexibility index (Phi) is 5.36. The molecule has 2 aliphatic heterocycles. The van der Waals surface area contributed by atoms with Crippen LogP contribution in [-0.4, -0.2) is 59.3 Å². The van der Waals surface area contributed by atoms with E-state index in [1.807, 2.05) is 0 Å². The highest BCUT2D eigenvalue weighted by Crippen LogP contribution is 2.30. The van der Waals surface area contributed by atoms with E-state index in [0.717, 1.165) is 56.3 Å². The number of carbonyl (C=O) groups excluding carboxylic acids is 1. The summed E-state index contributed by atoms with van der Waals surface area (Å²) in [7, 11) is 0. The summed E-state index contributed by atoms with van der Waals surface area (Å²) in [5.41, 5.74) is 1.16. The number of nitrogens with one attached hydrogen (secondary N) is 1. The number of amides is 1. The zero-order chi connectivity index (χ0) is 17.2. The monoisotopic (exact) mass is 365 g/mol. The Morgan fingerprint density at radius 2 is 2.12 bits per heavy atom. The summed E-state index contributed by atoms with van der Waals surface area (Å²) in [5, 5.41) is 13.8. The van der Waals surface area contributed by atoms with Gasteiger partial charge in [0.15, 0.2) is 5.13 Å². The van der Waals surface area contributed by atoms with E-state index >= 15 is 0 Å². The Morgan fingerprint density at radius 1 is 1.32 bits per heavy atom. The number of aromatic nitrogens is 1. The molecule has 2 N–H and O–H groups in total. The molecule has 0 spiro atoms. The molecule has 4 rings (SSSR count). The van der Waals surface area contributed by atoms with Crippen molar-refractivity contribution in [1.29, 1.82) is 0 Å². The van der Waals surface area contributed by atoms with Crippen LogP contribution in [0.1, 0.15) is 42.7 Å². The molecule has 2 fully saturated rings. The van der Waals surface area contributed by atoms with Crippen LogP contribution < -0.4 is 5.32 Å². The fraction of sp³-hybridized carbons (Fsp3) is 0.778.